The molecule has 0 amide bonds. The molecule has 25 heavy (non-hydrogen) atoms. The van der Waals surface area contributed by atoms with Gasteiger partial charge in [-0.25, -0.2) is 0 Å². The predicted molar refractivity (Wildman–Crippen MR) is 107 cm³/mol. The summed E-state index contributed by atoms with van der Waals surface area (Å²) in [6.45, 7) is 10.8. The van der Waals surface area contributed by atoms with Gasteiger partial charge in [0.25, 0.3) is 0 Å². The van der Waals surface area contributed by atoms with E-state index in [2.05, 4.69) is 45.6 Å². The first kappa shape index (κ1) is 19.6. The van der Waals surface area contributed by atoms with Gasteiger partial charge >= 0.3 is 0 Å². The number of hydrogen-bond acceptors (Lipinski definition) is 2. The molecule has 2 unspecified atom stereocenters. The Morgan fingerprint density at radius 3 is 2.32 bits per heavy atom. The Labute approximate surface area is 153 Å². The summed E-state index contributed by atoms with van der Waals surface area (Å²) in [6, 6.07) is 4.44. The number of methoxy groups -OCH3 is 2. The number of unbranched alkanes of at least 4 members (excludes halogenated alkanes) is 2. The SMILES string of the molecule is C=C(C)C1CC=C(C)CC1c1c(OC)cc(CCCCC)cc1OC. The van der Waals surface area contributed by atoms with Crippen LogP contribution >= 0.6 is 0 Å². The number of ether oxygens (including phenoxy) is 2. The van der Waals surface area contributed by atoms with Gasteiger partial charge in [-0.2, -0.15) is 0 Å². The Morgan fingerprint density at radius 1 is 1.16 bits per heavy atom. The van der Waals surface area contributed by atoms with Crippen LogP contribution in [0.2, 0.25) is 0 Å². The first-order chi connectivity index (χ1) is 12.0. The summed E-state index contributed by atoms with van der Waals surface area (Å²) in [6.07, 6.45) is 9.23. The molecular formula is C23H34O2. The van der Waals surface area contributed by atoms with E-state index in [1.165, 1.54) is 41.5 Å². The molecule has 0 heterocycles. The lowest BCUT2D eigenvalue weighted by atomic mass is 9.72. The third-order valence-electron chi connectivity index (χ3n) is 5.42. The van der Waals surface area contributed by atoms with Gasteiger partial charge in [0, 0.05) is 11.5 Å². The lowest BCUT2D eigenvalue weighted by Gasteiger charge is -2.33. The molecule has 0 spiro atoms. The van der Waals surface area contributed by atoms with Crippen LogP contribution in [0.4, 0.5) is 0 Å². The molecule has 0 bridgehead atoms. The molecule has 1 aliphatic carbocycles. The third kappa shape index (κ3) is 4.68. The summed E-state index contributed by atoms with van der Waals surface area (Å²) in [5, 5.41) is 0. The summed E-state index contributed by atoms with van der Waals surface area (Å²) >= 11 is 0. The summed E-state index contributed by atoms with van der Waals surface area (Å²) in [4.78, 5) is 0. The number of aryl methyl sites for hydroxylation is 1. The van der Waals surface area contributed by atoms with Crippen LogP contribution in [0.3, 0.4) is 0 Å². The fraction of sp³-hybridized carbons (Fsp3) is 0.565. The number of rotatable bonds is 8. The highest BCUT2D eigenvalue weighted by Crippen LogP contribution is 2.48. The Hall–Kier alpha value is -1.70. The average molecular weight is 343 g/mol. The van der Waals surface area contributed by atoms with Crippen LogP contribution in [0.1, 0.15) is 69.9 Å². The van der Waals surface area contributed by atoms with Crippen molar-refractivity contribution in [3.8, 4) is 11.5 Å². The van der Waals surface area contributed by atoms with Crippen LogP contribution in [-0.2, 0) is 6.42 Å². The minimum atomic E-state index is 0.372. The van der Waals surface area contributed by atoms with Gasteiger partial charge in [-0.3, -0.25) is 0 Å². The minimum Gasteiger partial charge on any atom is -0.496 e. The molecule has 1 aliphatic rings. The monoisotopic (exact) mass is 342 g/mol. The van der Waals surface area contributed by atoms with Crippen molar-refractivity contribution in [2.24, 2.45) is 5.92 Å². The Bertz CT molecular complexity index is 602. The predicted octanol–water partition coefficient (Wildman–Crippen LogP) is 6.45. The van der Waals surface area contributed by atoms with Gasteiger partial charge in [0.2, 0.25) is 0 Å². The molecule has 2 atom stereocenters. The molecule has 1 aromatic rings. The van der Waals surface area contributed by atoms with Crippen LogP contribution < -0.4 is 9.47 Å². The number of benzene rings is 1. The molecule has 0 fully saturated rings. The molecule has 1 aromatic carbocycles. The Kier molecular flexibility index (Phi) is 7.16. The highest BCUT2D eigenvalue weighted by Gasteiger charge is 2.31. The number of allylic oxidation sites excluding steroid dienone is 3. The quantitative estimate of drug-likeness (QED) is 0.399. The van der Waals surface area contributed by atoms with Gasteiger partial charge in [0.05, 0.1) is 14.2 Å². The van der Waals surface area contributed by atoms with Crippen LogP contribution in [-0.4, -0.2) is 14.2 Å². The second-order valence-corrected chi connectivity index (χ2v) is 7.42. The molecule has 2 nitrogen and oxygen atoms in total. The van der Waals surface area contributed by atoms with Crippen molar-refractivity contribution in [2.75, 3.05) is 14.2 Å². The van der Waals surface area contributed by atoms with E-state index in [0.717, 1.165) is 30.8 Å². The number of hydrogen-bond donors (Lipinski definition) is 0. The van der Waals surface area contributed by atoms with Gasteiger partial charge in [-0.15, -0.1) is 0 Å². The first-order valence-corrected chi connectivity index (χ1v) is 9.57. The molecule has 0 saturated carbocycles. The minimum absolute atomic E-state index is 0.372. The van der Waals surface area contributed by atoms with E-state index in [1.54, 1.807) is 14.2 Å². The zero-order valence-electron chi connectivity index (χ0n) is 16.7. The summed E-state index contributed by atoms with van der Waals surface area (Å²) in [5.41, 5.74) is 5.20. The largest absolute Gasteiger partial charge is 0.496 e. The fourth-order valence-electron chi connectivity index (χ4n) is 3.99. The van der Waals surface area contributed by atoms with Gasteiger partial charge in [0.15, 0.2) is 0 Å². The average Bonchev–Trinajstić information content (AvgIpc) is 2.60. The highest BCUT2D eigenvalue weighted by molar-refractivity contribution is 5.52. The van der Waals surface area contributed by atoms with Crippen LogP contribution in [0.5, 0.6) is 11.5 Å². The van der Waals surface area contributed by atoms with Crippen molar-refractivity contribution in [3.05, 3.63) is 47.1 Å². The first-order valence-electron chi connectivity index (χ1n) is 9.57. The summed E-state index contributed by atoms with van der Waals surface area (Å²) in [5.74, 6) is 2.75. The third-order valence-corrected chi connectivity index (χ3v) is 5.42. The highest BCUT2D eigenvalue weighted by atomic mass is 16.5. The van der Waals surface area contributed by atoms with Crippen LogP contribution in [0.15, 0.2) is 35.9 Å². The smallest absolute Gasteiger partial charge is 0.126 e. The van der Waals surface area contributed by atoms with E-state index in [9.17, 15) is 0 Å². The standard InChI is InChI=1S/C23H34O2/c1-7-8-9-10-18-14-21(24-5)23(22(15-18)25-6)20-13-17(4)11-12-19(20)16(2)3/h11,14-15,19-20H,2,7-10,12-13H2,1,3-6H3. The zero-order chi connectivity index (χ0) is 18.4. The molecular weight excluding hydrogens is 308 g/mol. The van der Waals surface area contributed by atoms with Crippen molar-refractivity contribution in [3.63, 3.8) is 0 Å². The molecule has 0 aliphatic heterocycles. The van der Waals surface area contributed by atoms with Crippen LogP contribution in [0, 0.1) is 5.92 Å². The molecule has 2 rings (SSSR count). The van der Waals surface area contributed by atoms with Gasteiger partial charge in [-0.1, -0.05) is 43.6 Å². The topological polar surface area (TPSA) is 18.5 Å². The van der Waals surface area contributed by atoms with Gasteiger partial charge < -0.3 is 9.47 Å². The van der Waals surface area contributed by atoms with E-state index in [0.29, 0.717) is 11.8 Å². The Balaban J connectivity index is 2.44. The van der Waals surface area contributed by atoms with Crippen molar-refractivity contribution in [1.29, 1.82) is 0 Å². The Morgan fingerprint density at radius 2 is 1.80 bits per heavy atom. The zero-order valence-corrected chi connectivity index (χ0v) is 16.7. The maximum absolute atomic E-state index is 5.82. The lowest BCUT2D eigenvalue weighted by molar-refractivity contribution is 0.359. The maximum atomic E-state index is 5.82. The van der Waals surface area contributed by atoms with E-state index in [1.807, 2.05) is 0 Å². The van der Waals surface area contributed by atoms with Crippen molar-refractivity contribution < 1.29 is 9.47 Å². The van der Waals surface area contributed by atoms with Gasteiger partial charge in [0.1, 0.15) is 11.5 Å². The van der Waals surface area contributed by atoms with E-state index < -0.39 is 0 Å². The second-order valence-electron chi connectivity index (χ2n) is 7.42. The lowest BCUT2D eigenvalue weighted by Crippen LogP contribution is -2.19. The molecule has 0 aromatic heterocycles. The van der Waals surface area contributed by atoms with Crippen molar-refractivity contribution in [2.45, 2.75) is 65.2 Å². The van der Waals surface area contributed by atoms with Gasteiger partial charge in [-0.05, 0) is 63.1 Å². The normalized spacial score (nSPS) is 20.1. The molecule has 138 valence electrons. The van der Waals surface area contributed by atoms with Crippen molar-refractivity contribution >= 4 is 0 Å². The van der Waals surface area contributed by atoms with E-state index in [-0.39, 0.29) is 0 Å². The maximum Gasteiger partial charge on any atom is 0.126 e. The fourth-order valence-corrected chi connectivity index (χ4v) is 3.99. The summed E-state index contributed by atoms with van der Waals surface area (Å²) in [7, 11) is 3.55. The van der Waals surface area contributed by atoms with Crippen LogP contribution in [0.25, 0.3) is 0 Å². The summed E-state index contributed by atoms with van der Waals surface area (Å²) < 4.78 is 11.6. The van der Waals surface area contributed by atoms with E-state index in [4.69, 9.17) is 9.47 Å². The molecule has 2 heteroatoms. The molecule has 0 saturated heterocycles. The molecule has 0 N–H and O–H groups in total. The van der Waals surface area contributed by atoms with Crippen molar-refractivity contribution in [1.82, 2.24) is 0 Å². The second kappa shape index (κ2) is 9.12. The molecule has 0 radical (unpaired) electrons. The van der Waals surface area contributed by atoms with E-state index >= 15 is 0 Å².